The van der Waals surface area contributed by atoms with Crippen LogP contribution in [0, 0.1) is 0 Å². The fourth-order valence-electron chi connectivity index (χ4n) is 3.06. The van der Waals surface area contributed by atoms with E-state index in [4.69, 9.17) is 4.74 Å². The third kappa shape index (κ3) is 4.26. The number of carbonyl (C=O) groups excluding carboxylic acids is 1. The molecular weight excluding hydrogens is 388 g/mol. The van der Waals surface area contributed by atoms with Crippen molar-refractivity contribution in [1.82, 2.24) is 9.62 Å². The van der Waals surface area contributed by atoms with Crippen molar-refractivity contribution in [2.45, 2.75) is 17.9 Å². The van der Waals surface area contributed by atoms with Gasteiger partial charge in [-0.15, -0.1) is 0 Å². The molecule has 0 saturated heterocycles. The van der Waals surface area contributed by atoms with Gasteiger partial charge in [-0.2, -0.15) is 0 Å². The van der Waals surface area contributed by atoms with Gasteiger partial charge in [0.05, 0.1) is 13.2 Å². The number of hydrogen-bond acceptors (Lipinski definition) is 4. The lowest BCUT2D eigenvalue weighted by molar-refractivity contribution is 0.0939. The van der Waals surface area contributed by atoms with E-state index in [1.54, 1.807) is 6.07 Å². The Hall–Kier alpha value is -2.90. The van der Waals surface area contributed by atoms with Gasteiger partial charge < -0.3 is 10.1 Å². The average molecular weight is 413 g/mol. The highest BCUT2D eigenvalue weighted by atomic mass is 32.2. The molecule has 1 N–H and O–H groups in total. The number of benzene rings is 3. The van der Waals surface area contributed by atoms with Gasteiger partial charge in [-0.25, -0.2) is 12.7 Å². The number of sulfonamides is 1. The normalized spacial score (nSPS) is 12.7. The molecule has 152 valence electrons. The van der Waals surface area contributed by atoms with Gasteiger partial charge in [0.15, 0.2) is 0 Å². The molecule has 0 heterocycles. The highest BCUT2D eigenvalue weighted by Crippen LogP contribution is 2.27. The number of ether oxygens (including phenoxy) is 1. The van der Waals surface area contributed by atoms with Crippen LogP contribution in [-0.4, -0.2) is 39.8 Å². The zero-order valence-electron chi connectivity index (χ0n) is 16.8. The lowest BCUT2D eigenvalue weighted by Gasteiger charge is -2.17. The molecule has 3 aromatic rings. The molecule has 3 rings (SSSR count). The SMILES string of the molecule is COc1ccc(C(=O)NC(C)c2ccc3ccccc3c2)cc1S(=O)(=O)N(C)C. The third-order valence-electron chi connectivity index (χ3n) is 4.81. The van der Waals surface area contributed by atoms with E-state index in [2.05, 4.69) is 5.32 Å². The Morgan fingerprint density at radius 1 is 1.00 bits per heavy atom. The first-order valence-electron chi connectivity index (χ1n) is 9.14. The molecule has 29 heavy (non-hydrogen) atoms. The van der Waals surface area contributed by atoms with E-state index < -0.39 is 10.0 Å². The summed E-state index contributed by atoms with van der Waals surface area (Å²) in [5.41, 5.74) is 1.21. The summed E-state index contributed by atoms with van der Waals surface area (Å²) in [7, 11) is 0.510. The number of nitrogens with zero attached hydrogens (tertiary/aromatic N) is 1. The second kappa shape index (κ2) is 8.23. The lowest BCUT2D eigenvalue weighted by Crippen LogP contribution is -2.27. The minimum Gasteiger partial charge on any atom is -0.495 e. The molecule has 0 fully saturated rings. The summed E-state index contributed by atoms with van der Waals surface area (Å²) in [5.74, 6) is -0.165. The van der Waals surface area contributed by atoms with Crippen molar-refractivity contribution in [3.05, 3.63) is 71.8 Å². The predicted molar refractivity (Wildman–Crippen MR) is 114 cm³/mol. The highest BCUT2D eigenvalue weighted by molar-refractivity contribution is 7.89. The summed E-state index contributed by atoms with van der Waals surface area (Å²) in [5, 5.41) is 5.16. The molecule has 0 aliphatic carbocycles. The number of amides is 1. The second-order valence-corrected chi connectivity index (χ2v) is 9.08. The predicted octanol–water partition coefficient (Wildman–Crippen LogP) is 3.59. The van der Waals surface area contributed by atoms with Gasteiger partial charge in [0, 0.05) is 19.7 Å². The third-order valence-corrected chi connectivity index (χ3v) is 6.64. The first kappa shape index (κ1) is 20.8. The van der Waals surface area contributed by atoms with E-state index in [1.165, 1.54) is 33.3 Å². The Bertz CT molecular complexity index is 1160. The quantitative estimate of drug-likeness (QED) is 0.671. The highest BCUT2D eigenvalue weighted by Gasteiger charge is 2.24. The van der Waals surface area contributed by atoms with Crippen molar-refractivity contribution in [1.29, 1.82) is 0 Å². The lowest BCUT2D eigenvalue weighted by atomic mass is 10.0. The first-order valence-corrected chi connectivity index (χ1v) is 10.6. The van der Waals surface area contributed by atoms with Crippen LogP contribution in [0.5, 0.6) is 5.75 Å². The van der Waals surface area contributed by atoms with Crippen molar-refractivity contribution in [2.75, 3.05) is 21.2 Å². The number of rotatable bonds is 6. The van der Waals surface area contributed by atoms with Gasteiger partial charge in [-0.1, -0.05) is 36.4 Å². The second-order valence-electron chi connectivity index (χ2n) is 6.95. The number of methoxy groups -OCH3 is 1. The van der Waals surface area contributed by atoms with Gasteiger partial charge in [0.1, 0.15) is 10.6 Å². The largest absolute Gasteiger partial charge is 0.495 e. The number of carbonyl (C=O) groups is 1. The molecular formula is C22H24N2O4S. The number of fused-ring (bicyclic) bond motifs is 1. The molecule has 6 nitrogen and oxygen atoms in total. The van der Waals surface area contributed by atoms with Crippen LogP contribution < -0.4 is 10.1 Å². The Labute approximate surface area is 171 Å². The Balaban J connectivity index is 1.88. The van der Waals surface area contributed by atoms with Crippen molar-refractivity contribution in [2.24, 2.45) is 0 Å². The average Bonchev–Trinajstić information content (AvgIpc) is 2.72. The molecule has 0 aliphatic rings. The van der Waals surface area contributed by atoms with Gasteiger partial charge in [0.2, 0.25) is 10.0 Å². The number of nitrogens with one attached hydrogen (secondary N) is 1. The summed E-state index contributed by atoms with van der Waals surface area (Å²) in [4.78, 5) is 12.7. The van der Waals surface area contributed by atoms with Crippen LogP contribution in [-0.2, 0) is 10.0 Å². The van der Waals surface area contributed by atoms with E-state index in [0.29, 0.717) is 0 Å². The van der Waals surface area contributed by atoms with E-state index in [0.717, 1.165) is 20.6 Å². The molecule has 0 radical (unpaired) electrons. The van der Waals surface area contributed by atoms with E-state index in [1.807, 2.05) is 49.4 Å². The van der Waals surface area contributed by atoms with Crippen molar-refractivity contribution in [3.63, 3.8) is 0 Å². The molecule has 0 bridgehead atoms. The number of hydrogen-bond donors (Lipinski definition) is 1. The smallest absolute Gasteiger partial charge is 0.251 e. The molecule has 0 aromatic heterocycles. The first-order chi connectivity index (χ1) is 13.7. The van der Waals surface area contributed by atoms with Crippen LogP contribution in [0.25, 0.3) is 10.8 Å². The minimum absolute atomic E-state index is 0.0454. The Kier molecular flexibility index (Phi) is 5.91. The molecule has 1 atom stereocenters. The summed E-state index contributed by atoms with van der Waals surface area (Å²) in [6.07, 6.45) is 0. The fourth-order valence-corrected chi connectivity index (χ4v) is 4.13. The van der Waals surface area contributed by atoms with Crippen LogP contribution in [0.3, 0.4) is 0 Å². The van der Waals surface area contributed by atoms with Gasteiger partial charge in [-0.3, -0.25) is 4.79 Å². The van der Waals surface area contributed by atoms with Gasteiger partial charge in [0.25, 0.3) is 5.91 Å². The van der Waals surface area contributed by atoms with Crippen LogP contribution in [0.2, 0.25) is 0 Å². The minimum atomic E-state index is -3.75. The van der Waals surface area contributed by atoms with Crippen molar-refractivity contribution >= 4 is 26.7 Å². The molecule has 3 aromatic carbocycles. The molecule has 1 unspecified atom stereocenters. The van der Waals surface area contributed by atoms with Crippen molar-refractivity contribution < 1.29 is 17.9 Å². The molecule has 0 aliphatic heterocycles. The summed E-state index contributed by atoms with van der Waals surface area (Å²) in [6.45, 7) is 1.89. The fraction of sp³-hybridized carbons (Fsp3) is 0.227. The zero-order chi connectivity index (χ0) is 21.2. The van der Waals surface area contributed by atoms with Crippen molar-refractivity contribution in [3.8, 4) is 5.75 Å². The van der Waals surface area contributed by atoms with Crippen LogP contribution in [0.4, 0.5) is 0 Å². The van der Waals surface area contributed by atoms with E-state index in [9.17, 15) is 13.2 Å². The maximum atomic E-state index is 12.8. The molecule has 7 heteroatoms. The van der Waals surface area contributed by atoms with E-state index in [-0.39, 0.29) is 28.2 Å². The van der Waals surface area contributed by atoms with Gasteiger partial charge >= 0.3 is 0 Å². The van der Waals surface area contributed by atoms with Crippen LogP contribution >= 0.6 is 0 Å². The maximum Gasteiger partial charge on any atom is 0.251 e. The maximum absolute atomic E-state index is 12.8. The Morgan fingerprint density at radius 2 is 1.69 bits per heavy atom. The topological polar surface area (TPSA) is 75.7 Å². The summed E-state index contributed by atoms with van der Waals surface area (Å²) in [6, 6.07) is 18.2. The zero-order valence-corrected chi connectivity index (χ0v) is 17.7. The van der Waals surface area contributed by atoms with E-state index >= 15 is 0 Å². The monoisotopic (exact) mass is 412 g/mol. The summed E-state index contributed by atoms with van der Waals surface area (Å²) >= 11 is 0. The van der Waals surface area contributed by atoms with Gasteiger partial charge in [-0.05, 0) is 47.5 Å². The van der Waals surface area contributed by atoms with Crippen LogP contribution in [0.15, 0.2) is 65.6 Å². The standard InChI is InChI=1S/C22H24N2O4S/c1-15(17-10-9-16-7-5-6-8-18(16)13-17)23-22(25)19-11-12-20(28-4)21(14-19)29(26,27)24(2)3/h5-15H,1-4H3,(H,23,25). The summed E-state index contributed by atoms with van der Waals surface area (Å²) < 4.78 is 31.4. The van der Waals surface area contributed by atoms with Crippen LogP contribution in [0.1, 0.15) is 28.9 Å². The molecule has 0 saturated carbocycles. The Morgan fingerprint density at radius 3 is 2.34 bits per heavy atom. The molecule has 0 spiro atoms. The molecule has 1 amide bonds.